The van der Waals surface area contributed by atoms with Gasteiger partial charge in [-0.3, -0.25) is 0 Å². The van der Waals surface area contributed by atoms with Crippen molar-refractivity contribution in [2.24, 2.45) is 0 Å². The van der Waals surface area contributed by atoms with Gasteiger partial charge in [-0.2, -0.15) is 0 Å². The molecule has 0 spiro atoms. The summed E-state index contributed by atoms with van der Waals surface area (Å²) in [5, 5.41) is 3.75. The van der Waals surface area contributed by atoms with Crippen molar-refractivity contribution in [1.82, 2.24) is 5.32 Å². The Morgan fingerprint density at radius 2 is 1.62 bits per heavy atom. The van der Waals surface area contributed by atoms with Crippen LogP contribution in [0.3, 0.4) is 0 Å². The summed E-state index contributed by atoms with van der Waals surface area (Å²) in [7, 11) is 0. The Morgan fingerprint density at radius 1 is 1.00 bits per heavy atom. The molecule has 1 nitrogen and oxygen atoms in total. The van der Waals surface area contributed by atoms with Gasteiger partial charge in [0.15, 0.2) is 0 Å². The summed E-state index contributed by atoms with van der Waals surface area (Å²) >= 11 is 3.50. The van der Waals surface area contributed by atoms with Crippen molar-refractivity contribution in [3.63, 3.8) is 0 Å². The van der Waals surface area contributed by atoms with Crippen LogP contribution in [0.25, 0.3) is 0 Å². The first-order chi connectivity index (χ1) is 10.1. The van der Waals surface area contributed by atoms with E-state index in [9.17, 15) is 0 Å². The number of benzene rings is 2. The summed E-state index contributed by atoms with van der Waals surface area (Å²) in [6.45, 7) is 4.40. The van der Waals surface area contributed by atoms with Gasteiger partial charge in [0.25, 0.3) is 0 Å². The molecule has 0 unspecified atom stereocenters. The van der Waals surface area contributed by atoms with Gasteiger partial charge in [-0.25, -0.2) is 0 Å². The van der Waals surface area contributed by atoms with Crippen LogP contribution in [0.5, 0.6) is 0 Å². The lowest BCUT2D eigenvalue weighted by molar-refractivity contribution is 0.271. The van der Waals surface area contributed by atoms with Crippen molar-refractivity contribution < 1.29 is 0 Å². The Hall–Kier alpha value is -1.12. The van der Waals surface area contributed by atoms with Crippen molar-refractivity contribution in [3.05, 3.63) is 69.7 Å². The molecule has 0 amide bonds. The molecule has 1 N–H and O–H groups in total. The second kappa shape index (κ2) is 6.33. The molecule has 0 saturated heterocycles. The summed E-state index contributed by atoms with van der Waals surface area (Å²) < 4.78 is 1.16. The van der Waals surface area contributed by atoms with Gasteiger partial charge in [-0.1, -0.05) is 57.9 Å². The van der Waals surface area contributed by atoms with E-state index in [2.05, 4.69) is 83.6 Å². The van der Waals surface area contributed by atoms with Crippen LogP contribution in [0.1, 0.15) is 48.4 Å². The first-order valence-corrected chi connectivity index (χ1v) is 8.49. The maximum Gasteiger partial charge on any atom is 0.0294 e. The van der Waals surface area contributed by atoms with Gasteiger partial charge in [0, 0.05) is 16.6 Å². The van der Waals surface area contributed by atoms with Crippen molar-refractivity contribution >= 4 is 15.9 Å². The van der Waals surface area contributed by atoms with Crippen LogP contribution in [0.4, 0.5) is 0 Å². The number of hydrogen-bond donors (Lipinski definition) is 1. The number of rotatable bonds is 4. The van der Waals surface area contributed by atoms with E-state index in [0.717, 1.165) is 10.4 Å². The van der Waals surface area contributed by atoms with E-state index in [0.29, 0.717) is 12.1 Å². The largest absolute Gasteiger partial charge is 0.307 e. The molecule has 0 aromatic heterocycles. The number of hydrogen-bond acceptors (Lipinski definition) is 1. The van der Waals surface area contributed by atoms with Crippen LogP contribution in [0.15, 0.2) is 53.0 Å². The number of aryl methyl sites for hydroxylation is 1. The van der Waals surface area contributed by atoms with Crippen LogP contribution >= 0.6 is 15.9 Å². The summed E-state index contributed by atoms with van der Waals surface area (Å²) in [6.07, 6.45) is 2.50. The molecular formula is C19H22BrN. The highest BCUT2D eigenvalue weighted by atomic mass is 79.9. The quantitative estimate of drug-likeness (QED) is 0.788. The van der Waals surface area contributed by atoms with E-state index in [1.807, 2.05) is 0 Å². The lowest BCUT2D eigenvalue weighted by Crippen LogP contribution is -2.41. The van der Waals surface area contributed by atoms with E-state index in [-0.39, 0.29) is 0 Å². The van der Waals surface area contributed by atoms with E-state index in [1.165, 1.54) is 29.5 Å². The number of nitrogens with one attached hydrogen (secondary N) is 1. The molecule has 2 aromatic rings. The Balaban J connectivity index is 1.52. The van der Waals surface area contributed by atoms with Gasteiger partial charge < -0.3 is 5.32 Å². The molecule has 0 radical (unpaired) electrons. The molecule has 110 valence electrons. The van der Waals surface area contributed by atoms with Crippen molar-refractivity contribution in [2.45, 2.75) is 44.7 Å². The highest BCUT2D eigenvalue weighted by Crippen LogP contribution is 2.38. The predicted octanol–water partition coefficient (Wildman–Crippen LogP) is 5.35. The van der Waals surface area contributed by atoms with E-state index in [4.69, 9.17) is 0 Å². The molecule has 0 bridgehead atoms. The lowest BCUT2D eigenvalue weighted by Gasteiger charge is -2.38. The fourth-order valence-corrected chi connectivity index (χ4v) is 3.33. The Kier molecular flexibility index (Phi) is 4.46. The smallest absolute Gasteiger partial charge is 0.0294 e. The van der Waals surface area contributed by atoms with Gasteiger partial charge in [-0.05, 0) is 55.9 Å². The molecule has 2 heteroatoms. The molecule has 0 heterocycles. The fraction of sp³-hybridized carbons (Fsp3) is 0.368. The third-order valence-corrected chi connectivity index (χ3v) is 5.07. The topological polar surface area (TPSA) is 12.0 Å². The normalized spacial score (nSPS) is 22.6. The lowest BCUT2D eigenvalue weighted by atomic mass is 9.75. The Bertz CT molecular complexity index is 582. The second-order valence-electron chi connectivity index (χ2n) is 6.22. The van der Waals surface area contributed by atoms with Gasteiger partial charge in [0.1, 0.15) is 0 Å². The molecular weight excluding hydrogens is 322 g/mol. The molecule has 1 saturated carbocycles. The summed E-state index contributed by atoms with van der Waals surface area (Å²) in [6, 6.07) is 18.7. The molecule has 1 aliphatic carbocycles. The SMILES string of the molecule is Cc1ccc([C@H](C)NC2CC(c3ccc(Br)cc3)C2)cc1. The zero-order chi connectivity index (χ0) is 14.8. The standard InChI is InChI=1S/C19H22BrN/c1-13-3-5-15(6-4-13)14(2)21-19-11-17(12-19)16-7-9-18(20)10-8-16/h3-10,14,17,19,21H,11-12H2,1-2H3/t14-,17?,19?/m0/s1. The molecule has 21 heavy (non-hydrogen) atoms. The Labute approximate surface area is 135 Å². The third-order valence-electron chi connectivity index (χ3n) is 4.54. The average Bonchev–Trinajstić information content (AvgIpc) is 2.44. The Morgan fingerprint density at radius 3 is 2.24 bits per heavy atom. The fourth-order valence-electron chi connectivity index (χ4n) is 3.07. The van der Waals surface area contributed by atoms with Gasteiger partial charge in [0.05, 0.1) is 0 Å². The van der Waals surface area contributed by atoms with Crippen LogP contribution in [-0.4, -0.2) is 6.04 Å². The van der Waals surface area contributed by atoms with Gasteiger partial charge >= 0.3 is 0 Å². The van der Waals surface area contributed by atoms with Crippen LogP contribution in [0.2, 0.25) is 0 Å². The number of halogens is 1. The predicted molar refractivity (Wildman–Crippen MR) is 92.6 cm³/mol. The minimum atomic E-state index is 0.432. The van der Waals surface area contributed by atoms with E-state index < -0.39 is 0 Å². The molecule has 3 rings (SSSR count). The van der Waals surface area contributed by atoms with Gasteiger partial charge in [0.2, 0.25) is 0 Å². The zero-order valence-electron chi connectivity index (χ0n) is 12.6. The average molecular weight is 344 g/mol. The maximum atomic E-state index is 3.75. The summed E-state index contributed by atoms with van der Waals surface area (Å²) in [5.41, 5.74) is 4.18. The van der Waals surface area contributed by atoms with Gasteiger partial charge in [-0.15, -0.1) is 0 Å². The molecule has 1 fully saturated rings. The molecule has 2 aromatic carbocycles. The van der Waals surface area contributed by atoms with Crippen molar-refractivity contribution in [2.75, 3.05) is 0 Å². The zero-order valence-corrected chi connectivity index (χ0v) is 14.2. The second-order valence-corrected chi connectivity index (χ2v) is 7.13. The molecule has 1 atom stereocenters. The van der Waals surface area contributed by atoms with Crippen molar-refractivity contribution in [3.8, 4) is 0 Å². The minimum absolute atomic E-state index is 0.432. The minimum Gasteiger partial charge on any atom is -0.307 e. The summed E-state index contributed by atoms with van der Waals surface area (Å²) in [5.74, 6) is 0.723. The summed E-state index contributed by atoms with van der Waals surface area (Å²) in [4.78, 5) is 0. The first-order valence-electron chi connectivity index (χ1n) is 7.70. The van der Waals surface area contributed by atoms with Crippen LogP contribution in [-0.2, 0) is 0 Å². The maximum absolute atomic E-state index is 3.75. The van der Waals surface area contributed by atoms with E-state index in [1.54, 1.807) is 0 Å². The molecule has 1 aliphatic rings. The van der Waals surface area contributed by atoms with Crippen LogP contribution in [0, 0.1) is 6.92 Å². The van der Waals surface area contributed by atoms with E-state index >= 15 is 0 Å². The van der Waals surface area contributed by atoms with Crippen molar-refractivity contribution in [1.29, 1.82) is 0 Å². The van der Waals surface area contributed by atoms with Crippen LogP contribution < -0.4 is 5.32 Å². The monoisotopic (exact) mass is 343 g/mol. The highest BCUT2D eigenvalue weighted by Gasteiger charge is 2.30. The first kappa shape index (κ1) is 14.8. The molecule has 0 aliphatic heterocycles. The highest BCUT2D eigenvalue weighted by molar-refractivity contribution is 9.10. The third kappa shape index (κ3) is 3.56.